The van der Waals surface area contributed by atoms with Crippen LogP contribution in [0.15, 0.2) is 42.6 Å². The number of pyridine rings is 1. The SMILES string of the molecule is CNC(C)c1cccnc1N(C)c1cccc(C)c1. The van der Waals surface area contributed by atoms with Crippen molar-refractivity contribution in [2.45, 2.75) is 19.9 Å². The molecule has 1 heterocycles. The van der Waals surface area contributed by atoms with Gasteiger partial charge in [0, 0.05) is 30.5 Å². The van der Waals surface area contributed by atoms with Gasteiger partial charge in [-0.2, -0.15) is 0 Å². The average Bonchev–Trinajstić information content (AvgIpc) is 2.45. The van der Waals surface area contributed by atoms with Gasteiger partial charge < -0.3 is 10.2 Å². The number of anilines is 2. The van der Waals surface area contributed by atoms with E-state index in [1.54, 1.807) is 0 Å². The molecule has 0 saturated heterocycles. The van der Waals surface area contributed by atoms with Gasteiger partial charge in [0.25, 0.3) is 0 Å². The number of nitrogens with one attached hydrogen (secondary N) is 1. The highest BCUT2D eigenvalue weighted by Gasteiger charge is 2.14. The van der Waals surface area contributed by atoms with Gasteiger partial charge in [-0.15, -0.1) is 0 Å². The van der Waals surface area contributed by atoms with Crippen LogP contribution in [0, 0.1) is 6.92 Å². The van der Waals surface area contributed by atoms with Gasteiger partial charge in [0.2, 0.25) is 0 Å². The number of benzene rings is 1. The Hall–Kier alpha value is -1.87. The number of aromatic nitrogens is 1. The summed E-state index contributed by atoms with van der Waals surface area (Å²) in [6, 6.07) is 12.8. The molecule has 2 rings (SSSR count). The lowest BCUT2D eigenvalue weighted by molar-refractivity contribution is 0.649. The van der Waals surface area contributed by atoms with Gasteiger partial charge in [-0.05, 0) is 44.7 Å². The number of aryl methyl sites for hydroxylation is 1. The van der Waals surface area contributed by atoms with Crippen LogP contribution in [0.25, 0.3) is 0 Å². The van der Waals surface area contributed by atoms with Crippen LogP contribution >= 0.6 is 0 Å². The molecule has 0 fully saturated rings. The molecule has 2 aromatic rings. The lowest BCUT2D eigenvalue weighted by Gasteiger charge is -2.24. The number of hydrogen-bond acceptors (Lipinski definition) is 3. The molecule has 0 amide bonds. The van der Waals surface area contributed by atoms with Crippen molar-refractivity contribution in [1.82, 2.24) is 10.3 Å². The Morgan fingerprint density at radius 2 is 2.00 bits per heavy atom. The second-order valence-electron chi connectivity index (χ2n) is 4.82. The van der Waals surface area contributed by atoms with Gasteiger partial charge in [0.1, 0.15) is 5.82 Å². The number of nitrogens with zero attached hydrogens (tertiary/aromatic N) is 2. The second kappa shape index (κ2) is 5.85. The molecule has 1 N–H and O–H groups in total. The van der Waals surface area contributed by atoms with E-state index in [4.69, 9.17) is 0 Å². The summed E-state index contributed by atoms with van der Waals surface area (Å²) < 4.78 is 0. The molecular formula is C16H21N3. The summed E-state index contributed by atoms with van der Waals surface area (Å²) in [5.41, 5.74) is 3.61. The highest BCUT2D eigenvalue weighted by molar-refractivity contribution is 5.63. The zero-order chi connectivity index (χ0) is 13.8. The molecular weight excluding hydrogens is 234 g/mol. The summed E-state index contributed by atoms with van der Waals surface area (Å²) in [7, 11) is 4.02. The lowest BCUT2D eigenvalue weighted by atomic mass is 10.1. The van der Waals surface area contributed by atoms with E-state index < -0.39 is 0 Å². The third kappa shape index (κ3) is 2.93. The molecule has 0 radical (unpaired) electrons. The first-order valence-electron chi connectivity index (χ1n) is 6.56. The van der Waals surface area contributed by atoms with Crippen LogP contribution in [0.5, 0.6) is 0 Å². The molecule has 0 aliphatic heterocycles. The molecule has 0 aliphatic carbocycles. The first kappa shape index (κ1) is 13.6. The fraction of sp³-hybridized carbons (Fsp3) is 0.312. The third-order valence-corrected chi connectivity index (χ3v) is 3.42. The molecule has 1 aromatic carbocycles. The fourth-order valence-corrected chi connectivity index (χ4v) is 2.14. The minimum atomic E-state index is 0.274. The smallest absolute Gasteiger partial charge is 0.137 e. The molecule has 0 aliphatic rings. The van der Waals surface area contributed by atoms with Gasteiger partial charge in [-0.1, -0.05) is 18.2 Å². The predicted molar refractivity (Wildman–Crippen MR) is 81.0 cm³/mol. The molecule has 0 spiro atoms. The third-order valence-electron chi connectivity index (χ3n) is 3.42. The molecule has 0 saturated carbocycles. The predicted octanol–water partition coefficient (Wildman–Crippen LogP) is 3.44. The molecule has 1 aromatic heterocycles. The van der Waals surface area contributed by atoms with Crippen LogP contribution in [0.2, 0.25) is 0 Å². The van der Waals surface area contributed by atoms with Gasteiger partial charge in [0.15, 0.2) is 0 Å². The average molecular weight is 255 g/mol. The zero-order valence-electron chi connectivity index (χ0n) is 12.0. The molecule has 3 nitrogen and oxygen atoms in total. The zero-order valence-corrected chi connectivity index (χ0v) is 12.0. The van der Waals surface area contributed by atoms with E-state index in [0.717, 1.165) is 11.5 Å². The van der Waals surface area contributed by atoms with Crippen molar-refractivity contribution in [1.29, 1.82) is 0 Å². The van der Waals surface area contributed by atoms with E-state index in [2.05, 4.69) is 66.4 Å². The van der Waals surface area contributed by atoms with Crippen LogP contribution in [0.4, 0.5) is 11.5 Å². The van der Waals surface area contributed by atoms with Crippen molar-refractivity contribution in [2.75, 3.05) is 19.0 Å². The summed E-state index contributed by atoms with van der Waals surface area (Å²) in [6.45, 7) is 4.25. The highest BCUT2D eigenvalue weighted by Crippen LogP contribution is 2.28. The first-order valence-corrected chi connectivity index (χ1v) is 6.56. The maximum Gasteiger partial charge on any atom is 0.137 e. The normalized spacial score (nSPS) is 12.2. The summed E-state index contributed by atoms with van der Waals surface area (Å²) in [6.07, 6.45) is 1.84. The van der Waals surface area contributed by atoms with Crippen molar-refractivity contribution in [3.05, 3.63) is 53.7 Å². The Morgan fingerprint density at radius 1 is 1.21 bits per heavy atom. The number of rotatable bonds is 4. The minimum Gasteiger partial charge on any atom is -0.329 e. The van der Waals surface area contributed by atoms with Gasteiger partial charge in [-0.3, -0.25) is 0 Å². The Morgan fingerprint density at radius 3 is 2.68 bits per heavy atom. The molecule has 0 bridgehead atoms. The van der Waals surface area contributed by atoms with Crippen LogP contribution in [0.1, 0.15) is 24.1 Å². The minimum absolute atomic E-state index is 0.274. The first-order chi connectivity index (χ1) is 9.13. The van der Waals surface area contributed by atoms with E-state index >= 15 is 0 Å². The van der Waals surface area contributed by atoms with Crippen molar-refractivity contribution < 1.29 is 0 Å². The van der Waals surface area contributed by atoms with Crippen LogP contribution in [0.3, 0.4) is 0 Å². The van der Waals surface area contributed by atoms with Crippen molar-refractivity contribution in [2.24, 2.45) is 0 Å². The van der Waals surface area contributed by atoms with Crippen molar-refractivity contribution in [3.63, 3.8) is 0 Å². The Kier molecular flexibility index (Phi) is 4.17. The summed E-state index contributed by atoms with van der Waals surface area (Å²) in [5.74, 6) is 0.995. The molecule has 1 atom stereocenters. The Bertz CT molecular complexity index is 551. The van der Waals surface area contributed by atoms with E-state index in [1.165, 1.54) is 11.1 Å². The van der Waals surface area contributed by atoms with E-state index in [9.17, 15) is 0 Å². The monoisotopic (exact) mass is 255 g/mol. The quantitative estimate of drug-likeness (QED) is 0.907. The Labute approximate surface area is 115 Å². The number of hydrogen-bond donors (Lipinski definition) is 1. The fourth-order valence-electron chi connectivity index (χ4n) is 2.14. The topological polar surface area (TPSA) is 28.2 Å². The molecule has 19 heavy (non-hydrogen) atoms. The largest absolute Gasteiger partial charge is 0.329 e. The second-order valence-corrected chi connectivity index (χ2v) is 4.82. The van der Waals surface area contributed by atoms with Crippen molar-refractivity contribution in [3.8, 4) is 0 Å². The highest BCUT2D eigenvalue weighted by atomic mass is 15.2. The Balaban J connectivity index is 2.41. The molecule has 100 valence electrons. The van der Waals surface area contributed by atoms with Gasteiger partial charge in [-0.25, -0.2) is 4.98 Å². The summed E-state index contributed by atoms with van der Waals surface area (Å²) >= 11 is 0. The maximum atomic E-state index is 4.54. The lowest BCUT2D eigenvalue weighted by Crippen LogP contribution is -2.19. The summed E-state index contributed by atoms with van der Waals surface area (Å²) in [5, 5.41) is 3.27. The van der Waals surface area contributed by atoms with Gasteiger partial charge in [0.05, 0.1) is 0 Å². The standard InChI is InChI=1S/C16H21N3/c1-12-7-5-8-14(11-12)19(4)16-15(13(2)17-3)9-6-10-18-16/h5-11,13,17H,1-4H3. The van der Waals surface area contributed by atoms with E-state index in [1.807, 2.05) is 19.3 Å². The molecule has 3 heteroatoms. The van der Waals surface area contributed by atoms with Crippen LogP contribution < -0.4 is 10.2 Å². The van der Waals surface area contributed by atoms with Crippen molar-refractivity contribution >= 4 is 11.5 Å². The van der Waals surface area contributed by atoms with Crippen LogP contribution in [-0.2, 0) is 0 Å². The van der Waals surface area contributed by atoms with Gasteiger partial charge >= 0.3 is 0 Å². The van der Waals surface area contributed by atoms with E-state index in [0.29, 0.717) is 0 Å². The van der Waals surface area contributed by atoms with E-state index in [-0.39, 0.29) is 6.04 Å². The maximum absolute atomic E-state index is 4.54. The summed E-state index contributed by atoms with van der Waals surface area (Å²) in [4.78, 5) is 6.67. The molecule has 1 unspecified atom stereocenters. The van der Waals surface area contributed by atoms with Crippen LogP contribution in [-0.4, -0.2) is 19.1 Å².